The molecule has 1 aromatic carbocycles. The van der Waals surface area contributed by atoms with Gasteiger partial charge >= 0.3 is 6.11 Å². The zero-order chi connectivity index (χ0) is 13.9. The SMILES string of the molecule is CSC(c1ccccc1)C(n1cncn1)C(O)(F)F. The number of alkyl halides is 2. The first-order chi connectivity index (χ1) is 9.04. The standard InChI is InChI=1S/C12H13F2N3OS/c1-19-10(9-5-3-2-4-6-9)11(12(13,14)18)17-8-15-7-16-17/h2-8,10-11,18H,1H3. The van der Waals surface area contributed by atoms with Gasteiger partial charge in [0.15, 0.2) is 6.04 Å². The van der Waals surface area contributed by atoms with Gasteiger partial charge in [0.05, 0.1) is 5.25 Å². The quantitative estimate of drug-likeness (QED) is 0.917. The van der Waals surface area contributed by atoms with Crippen LogP contribution in [0.25, 0.3) is 0 Å². The molecule has 7 heteroatoms. The number of rotatable bonds is 5. The molecule has 0 radical (unpaired) electrons. The largest absolute Gasteiger partial charge is 0.377 e. The van der Waals surface area contributed by atoms with Crippen LogP contribution in [-0.4, -0.2) is 32.2 Å². The summed E-state index contributed by atoms with van der Waals surface area (Å²) in [6.07, 6.45) is 0.173. The highest BCUT2D eigenvalue weighted by atomic mass is 32.2. The van der Waals surface area contributed by atoms with Crippen molar-refractivity contribution in [3.8, 4) is 0 Å². The molecule has 0 aliphatic rings. The van der Waals surface area contributed by atoms with Crippen molar-refractivity contribution in [2.24, 2.45) is 0 Å². The van der Waals surface area contributed by atoms with E-state index in [4.69, 9.17) is 0 Å². The molecule has 2 unspecified atom stereocenters. The average molecular weight is 285 g/mol. The second-order valence-corrected chi connectivity index (χ2v) is 4.95. The number of aromatic nitrogens is 3. The molecule has 0 aliphatic heterocycles. The normalized spacial score (nSPS) is 15.2. The van der Waals surface area contributed by atoms with E-state index in [0.717, 1.165) is 4.68 Å². The van der Waals surface area contributed by atoms with Crippen molar-refractivity contribution in [2.75, 3.05) is 6.26 Å². The summed E-state index contributed by atoms with van der Waals surface area (Å²) in [5.41, 5.74) is 0.698. The Labute approximate surface area is 113 Å². The first kappa shape index (κ1) is 14.0. The van der Waals surface area contributed by atoms with E-state index in [1.54, 1.807) is 30.5 Å². The minimum atomic E-state index is -3.89. The minimum absolute atomic E-state index is 0.636. The van der Waals surface area contributed by atoms with Crippen LogP contribution in [0.2, 0.25) is 0 Å². The van der Waals surface area contributed by atoms with Crippen LogP contribution in [0.5, 0.6) is 0 Å². The summed E-state index contributed by atoms with van der Waals surface area (Å²) in [5.74, 6) is 0. The first-order valence-electron chi connectivity index (χ1n) is 5.56. The fourth-order valence-corrected chi connectivity index (χ4v) is 2.91. The Kier molecular flexibility index (Phi) is 4.16. The van der Waals surface area contributed by atoms with Gasteiger partial charge in [0.2, 0.25) is 0 Å². The molecule has 19 heavy (non-hydrogen) atoms. The Bertz CT molecular complexity index is 501. The maximum absolute atomic E-state index is 13.5. The van der Waals surface area contributed by atoms with Crippen molar-refractivity contribution in [3.63, 3.8) is 0 Å². The zero-order valence-electron chi connectivity index (χ0n) is 10.1. The zero-order valence-corrected chi connectivity index (χ0v) is 11.0. The van der Waals surface area contributed by atoms with Gasteiger partial charge in [0.1, 0.15) is 12.7 Å². The lowest BCUT2D eigenvalue weighted by Gasteiger charge is -2.29. The van der Waals surface area contributed by atoms with E-state index in [0.29, 0.717) is 5.56 Å². The van der Waals surface area contributed by atoms with E-state index in [9.17, 15) is 13.9 Å². The van der Waals surface area contributed by atoms with Gasteiger partial charge in [-0.15, -0.1) is 0 Å². The van der Waals surface area contributed by atoms with Gasteiger partial charge in [-0.1, -0.05) is 30.3 Å². The van der Waals surface area contributed by atoms with Crippen molar-refractivity contribution < 1.29 is 13.9 Å². The highest BCUT2D eigenvalue weighted by Crippen LogP contribution is 2.44. The third-order valence-electron chi connectivity index (χ3n) is 2.75. The molecule has 0 saturated carbocycles. The fourth-order valence-electron chi connectivity index (χ4n) is 1.93. The monoisotopic (exact) mass is 285 g/mol. The van der Waals surface area contributed by atoms with Crippen LogP contribution in [0.1, 0.15) is 16.9 Å². The molecule has 0 fully saturated rings. The highest BCUT2D eigenvalue weighted by molar-refractivity contribution is 7.98. The summed E-state index contributed by atoms with van der Waals surface area (Å²) >= 11 is 1.23. The Hall–Kier alpha value is -1.47. The maximum atomic E-state index is 13.5. The van der Waals surface area contributed by atoms with E-state index < -0.39 is 17.4 Å². The van der Waals surface area contributed by atoms with E-state index in [1.165, 1.54) is 24.4 Å². The second kappa shape index (κ2) is 5.66. The molecule has 0 amide bonds. The molecular formula is C12H13F2N3OS. The predicted octanol–water partition coefficient (Wildman–Crippen LogP) is 2.51. The first-order valence-corrected chi connectivity index (χ1v) is 6.85. The third kappa shape index (κ3) is 3.10. The van der Waals surface area contributed by atoms with E-state index in [2.05, 4.69) is 10.1 Å². The number of hydrogen-bond acceptors (Lipinski definition) is 4. The van der Waals surface area contributed by atoms with Gasteiger partial charge < -0.3 is 5.11 Å². The van der Waals surface area contributed by atoms with E-state index in [-0.39, 0.29) is 0 Å². The molecule has 0 bridgehead atoms. The molecule has 2 rings (SSSR count). The molecule has 0 spiro atoms. The Balaban J connectivity index is 2.42. The summed E-state index contributed by atoms with van der Waals surface area (Å²) in [5, 5.41) is 12.3. The highest BCUT2D eigenvalue weighted by Gasteiger charge is 2.45. The van der Waals surface area contributed by atoms with Gasteiger partial charge in [-0.3, -0.25) is 0 Å². The number of nitrogens with zero attached hydrogens (tertiary/aromatic N) is 3. The summed E-state index contributed by atoms with van der Waals surface area (Å²) in [4.78, 5) is 3.67. The molecule has 2 aromatic rings. The van der Waals surface area contributed by atoms with Crippen molar-refractivity contribution in [2.45, 2.75) is 17.4 Å². The Morgan fingerprint density at radius 3 is 2.47 bits per heavy atom. The number of aliphatic hydroxyl groups is 1. The summed E-state index contributed by atoms with van der Waals surface area (Å²) in [6, 6.07) is 7.34. The van der Waals surface area contributed by atoms with Crippen LogP contribution in [0.3, 0.4) is 0 Å². The average Bonchev–Trinajstić information content (AvgIpc) is 2.88. The summed E-state index contributed by atoms with van der Waals surface area (Å²) in [6.45, 7) is 0. The van der Waals surface area contributed by atoms with Crippen molar-refractivity contribution in [1.82, 2.24) is 14.8 Å². The van der Waals surface area contributed by atoms with Gasteiger partial charge in [-0.05, 0) is 11.8 Å². The molecule has 1 N–H and O–H groups in total. The molecular weight excluding hydrogens is 272 g/mol. The van der Waals surface area contributed by atoms with Crippen molar-refractivity contribution in [3.05, 3.63) is 48.5 Å². The number of hydrogen-bond donors (Lipinski definition) is 1. The van der Waals surface area contributed by atoms with Crippen molar-refractivity contribution in [1.29, 1.82) is 0 Å². The smallest absolute Gasteiger partial charge is 0.335 e. The van der Waals surface area contributed by atoms with Gasteiger partial charge in [-0.2, -0.15) is 25.6 Å². The molecule has 1 aromatic heterocycles. The van der Waals surface area contributed by atoms with Crippen LogP contribution in [-0.2, 0) is 0 Å². The van der Waals surface area contributed by atoms with Crippen molar-refractivity contribution >= 4 is 11.8 Å². The molecule has 2 atom stereocenters. The minimum Gasteiger partial charge on any atom is -0.335 e. The topological polar surface area (TPSA) is 50.9 Å². The lowest BCUT2D eigenvalue weighted by molar-refractivity contribution is -0.233. The molecule has 102 valence electrons. The molecule has 4 nitrogen and oxygen atoms in total. The lowest BCUT2D eigenvalue weighted by Crippen LogP contribution is -2.34. The summed E-state index contributed by atoms with van der Waals surface area (Å²) < 4.78 is 28.0. The van der Waals surface area contributed by atoms with Crippen LogP contribution >= 0.6 is 11.8 Å². The van der Waals surface area contributed by atoms with E-state index >= 15 is 0 Å². The third-order valence-corrected chi connectivity index (χ3v) is 3.78. The van der Waals surface area contributed by atoms with E-state index in [1.807, 2.05) is 6.07 Å². The number of benzene rings is 1. The fraction of sp³-hybridized carbons (Fsp3) is 0.333. The van der Waals surface area contributed by atoms with Crippen LogP contribution in [0.4, 0.5) is 8.78 Å². The lowest BCUT2D eigenvalue weighted by atomic mass is 10.0. The van der Waals surface area contributed by atoms with Crippen LogP contribution in [0.15, 0.2) is 43.0 Å². The number of halogens is 2. The van der Waals surface area contributed by atoms with Gasteiger partial charge in [-0.25, -0.2) is 9.67 Å². The van der Waals surface area contributed by atoms with Crippen LogP contribution < -0.4 is 0 Å². The Morgan fingerprint density at radius 2 is 2.00 bits per heavy atom. The molecule has 1 heterocycles. The van der Waals surface area contributed by atoms with Gasteiger partial charge in [0.25, 0.3) is 0 Å². The van der Waals surface area contributed by atoms with Crippen LogP contribution in [0, 0.1) is 0 Å². The molecule has 0 aliphatic carbocycles. The summed E-state index contributed by atoms with van der Waals surface area (Å²) in [7, 11) is 0. The van der Waals surface area contributed by atoms with Gasteiger partial charge in [0, 0.05) is 0 Å². The number of thioether (sulfide) groups is 1. The maximum Gasteiger partial charge on any atom is 0.377 e. The molecule has 0 saturated heterocycles. The predicted molar refractivity (Wildman–Crippen MR) is 68.9 cm³/mol. The Morgan fingerprint density at radius 1 is 1.32 bits per heavy atom. The second-order valence-electron chi connectivity index (χ2n) is 3.98.